The minimum atomic E-state index is -0.249. The Hall–Kier alpha value is -1.32. The molecule has 1 aromatic carbocycles. The maximum absolute atomic E-state index is 9.31. The van der Waals surface area contributed by atoms with Crippen LogP contribution in [0.3, 0.4) is 0 Å². The maximum Gasteiger partial charge on any atom is 0.0526 e. The lowest BCUT2D eigenvalue weighted by Gasteiger charge is -2.15. The van der Waals surface area contributed by atoms with Gasteiger partial charge in [-0.25, -0.2) is 0 Å². The molecular formula is C14H20N2O. The summed E-state index contributed by atoms with van der Waals surface area (Å²) in [7, 11) is 0. The van der Waals surface area contributed by atoms with Crippen molar-refractivity contribution in [2.75, 3.05) is 0 Å². The first kappa shape index (κ1) is 12.1. The molecule has 0 spiro atoms. The van der Waals surface area contributed by atoms with E-state index in [2.05, 4.69) is 41.5 Å². The highest BCUT2D eigenvalue weighted by atomic mass is 16.3. The van der Waals surface area contributed by atoms with Crippen molar-refractivity contribution in [1.82, 2.24) is 10.3 Å². The van der Waals surface area contributed by atoms with E-state index in [9.17, 15) is 5.11 Å². The second-order valence-corrected chi connectivity index (χ2v) is 4.72. The highest BCUT2D eigenvalue weighted by Gasteiger charge is 2.07. The predicted octanol–water partition coefficient (Wildman–Crippen LogP) is 2.42. The smallest absolute Gasteiger partial charge is 0.0526 e. The van der Waals surface area contributed by atoms with Gasteiger partial charge < -0.3 is 15.4 Å². The van der Waals surface area contributed by atoms with Gasteiger partial charge in [0.15, 0.2) is 0 Å². The molecule has 0 aliphatic rings. The van der Waals surface area contributed by atoms with E-state index in [-0.39, 0.29) is 6.10 Å². The van der Waals surface area contributed by atoms with Gasteiger partial charge in [-0.3, -0.25) is 0 Å². The molecule has 0 aliphatic carbocycles. The van der Waals surface area contributed by atoms with Crippen molar-refractivity contribution in [3.63, 3.8) is 0 Å². The molecule has 2 aromatic rings. The van der Waals surface area contributed by atoms with E-state index >= 15 is 0 Å². The number of hydrogen-bond acceptors (Lipinski definition) is 2. The molecule has 92 valence electrons. The largest absolute Gasteiger partial charge is 0.393 e. The van der Waals surface area contributed by atoms with Gasteiger partial charge in [-0.15, -0.1) is 0 Å². The average molecular weight is 232 g/mol. The Morgan fingerprint density at radius 1 is 1.29 bits per heavy atom. The Morgan fingerprint density at radius 2 is 2.12 bits per heavy atom. The normalized spacial score (nSPS) is 15.0. The SMILES string of the molecule is CC(O)CC(C)NCc1cccc2[nH]ccc12. The van der Waals surface area contributed by atoms with E-state index in [0.29, 0.717) is 6.04 Å². The summed E-state index contributed by atoms with van der Waals surface area (Å²) < 4.78 is 0. The summed E-state index contributed by atoms with van der Waals surface area (Å²) in [6, 6.07) is 8.71. The van der Waals surface area contributed by atoms with Crippen molar-refractivity contribution in [1.29, 1.82) is 0 Å². The molecule has 17 heavy (non-hydrogen) atoms. The maximum atomic E-state index is 9.31. The van der Waals surface area contributed by atoms with Gasteiger partial charge in [0, 0.05) is 29.7 Å². The first-order valence-electron chi connectivity index (χ1n) is 6.13. The predicted molar refractivity (Wildman–Crippen MR) is 70.9 cm³/mol. The number of fused-ring (bicyclic) bond motifs is 1. The molecule has 1 aromatic heterocycles. The molecule has 2 unspecified atom stereocenters. The molecule has 2 rings (SSSR count). The highest BCUT2D eigenvalue weighted by molar-refractivity contribution is 5.82. The van der Waals surface area contributed by atoms with Crippen LogP contribution in [-0.4, -0.2) is 22.2 Å². The number of hydrogen-bond donors (Lipinski definition) is 3. The fourth-order valence-corrected chi connectivity index (χ4v) is 2.18. The number of aliphatic hydroxyl groups excluding tert-OH is 1. The van der Waals surface area contributed by atoms with Crippen LogP contribution < -0.4 is 5.32 Å². The molecule has 2 atom stereocenters. The Kier molecular flexibility index (Phi) is 3.82. The van der Waals surface area contributed by atoms with Crippen LogP contribution in [0, 0.1) is 0 Å². The van der Waals surface area contributed by atoms with Gasteiger partial charge in [0.05, 0.1) is 6.10 Å². The number of aromatic amines is 1. The molecular weight excluding hydrogens is 212 g/mol. The third-order valence-electron chi connectivity index (χ3n) is 3.02. The third-order valence-corrected chi connectivity index (χ3v) is 3.02. The van der Waals surface area contributed by atoms with E-state index in [1.165, 1.54) is 16.5 Å². The summed E-state index contributed by atoms with van der Waals surface area (Å²) in [4.78, 5) is 3.21. The van der Waals surface area contributed by atoms with Crippen LogP contribution in [0.4, 0.5) is 0 Å². The number of rotatable bonds is 5. The molecule has 3 nitrogen and oxygen atoms in total. The number of aromatic nitrogens is 1. The lowest BCUT2D eigenvalue weighted by Crippen LogP contribution is -2.28. The molecule has 0 amide bonds. The Balaban J connectivity index is 2.01. The second kappa shape index (κ2) is 5.34. The van der Waals surface area contributed by atoms with Crippen LogP contribution in [-0.2, 0) is 6.54 Å². The zero-order chi connectivity index (χ0) is 12.3. The van der Waals surface area contributed by atoms with Crippen molar-refractivity contribution >= 4 is 10.9 Å². The molecule has 0 saturated carbocycles. The number of benzene rings is 1. The Bertz CT molecular complexity index is 476. The standard InChI is InChI=1S/C14H20N2O/c1-10(8-11(2)17)16-9-12-4-3-5-14-13(12)6-7-15-14/h3-7,10-11,15-17H,8-9H2,1-2H3. The van der Waals surface area contributed by atoms with E-state index in [4.69, 9.17) is 0 Å². The van der Waals surface area contributed by atoms with E-state index in [0.717, 1.165) is 13.0 Å². The quantitative estimate of drug-likeness (QED) is 0.741. The van der Waals surface area contributed by atoms with Gasteiger partial charge in [-0.05, 0) is 38.0 Å². The number of H-pyrrole nitrogens is 1. The molecule has 0 aliphatic heterocycles. The Labute approximate surface area is 102 Å². The van der Waals surface area contributed by atoms with Crippen LogP contribution in [0.2, 0.25) is 0 Å². The fraction of sp³-hybridized carbons (Fsp3) is 0.429. The lowest BCUT2D eigenvalue weighted by atomic mass is 10.1. The third kappa shape index (κ3) is 3.08. The van der Waals surface area contributed by atoms with Crippen molar-refractivity contribution in [2.45, 2.75) is 39.0 Å². The van der Waals surface area contributed by atoms with E-state index in [1.54, 1.807) is 0 Å². The van der Waals surface area contributed by atoms with Gasteiger partial charge >= 0.3 is 0 Å². The molecule has 1 heterocycles. The minimum absolute atomic E-state index is 0.249. The minimum Gasteiger partial charge on any atom is -0.393 e. The van der Waals surface area contributed by atoms with Crippen LogP contribution in [0.5, 0.6) is 0 Å². The van der Waals surface area contributed by atoms with Gasteiger partial charge in [0.2, 0.25) is 0 Å². The van der Waals surface area contributed by atoms with E-state index < -0.39 is 0 Å². The monoisotopic (exact) mass is 232 g/mol. The lowest BCUT2D eigenvalue weighted by molar-refractivity contribution is 0.170. The highest BCUT2D eigenvalue weighted by Crippen LogP contribution is 2.17. The molecule has 0 radical (unpaired) electrons. The second-order valence-electron chi connectivity index (χ2n) is 4.72. The molecule has 0 bridgehead atoms. The van der Waals surface area contributed by atoms with E-state index in [1.807, 2.05) is 13.1 Å². The van der Waals surface area contributed by atoms with Gasteiger partial charge in [-0.1, -0.05) is 12.1 Å². The fourth-order valence-electron chi connectivity index (χ4n) is 2.18. The summed E-state index contributed by atoms with van der Waals surface area (Å²) in [5.74, 6) is 0. The van der Waals surface area contributed by atoms with Crippen molar-refractivity contribution in [3.8, 4) is 0 Å². The summed E-state index contributed by atoms with van der Waals surface area (Å²) in [5.41, 5.74) is 2.47. The summed E-state index contributed by atoms with van der Waals surface area (Å²) in [6.45, 7) is 4.76. The first-order chi connectivity index (χ1) is 8.16. The number of aliphatic hydroxyl groups is 1. The topological polar surface area (TPSA) is 48.0 Å². The summed E-state index contributed by atoms with van der Waals surface area (Å²) in [5, 5.41) is 14.0. The van der Waals surface area contributed by atoms with Crippen LogP contribution in [0.25, 0.3) is 10.9 Å². The van der Waals surface area contributed by atoms with Crippen molar-refractivity contribution in [2.24, 2.45) is 0 Å². The zero-order valence-corrected chi connectivity index (χ0v) is 10.4. The summed E-state index contributed by atoms with van der Waals surface area (Å²) in [6.07, 6.45) is 2.50. The molecule has 0 fully saturated rings. The van der Waals surface area contributed by atoms with Gasteiger partial charge in [0.25, 0.3) is 0 Å². The molecule has 0 saturated heterocycles. The van der Waals surface area contributed by atoms with Crippen molar-refractivity contribution < 1.29 is 5.11 Å². The van der Waals surface area contributed by atoms with Crippen LogP contribution in [0.1, 0.15) is 25.8 Å². The molecule has 3 heteroatoms. The zero-order valence-electron chi connectivity index (χ0n) is 10.4. The van der Waals surface area contributed by atoms with Crippen LogP contribution >= 0.6 is 0 Å². The van der Waals surface area contributed by atoms with Crippen molar-refractivity contribution in [3.05, 3.63) is 36.0 Å². The first-order valence-corrected chi connectivity index (χ1v) is 6.13. The summed E-state index contributed by atoms with van der Waals surface area (Å²) >= 11 is 0. The van der Waals surface area contributed by atoms with Crippen LogP contribution in [0.15, 0.2) is 30.5 Å². The average Bonchev–Trinajstić information content (AvgIpc) is 2.73. The molecule has 3 N–H and O–H groups in total. The Morgan fingerprint density at radius 3 is 2.88 bits per heavy atom. The van der Waals surface area contributed by atoms with Gasteiger partial charge in [0.1, 0.15) is 0 Å². The van der Waals surface area contributed by atoms with Gasteiger partial charge in [-0.2, -0.15) is 0 Å². The number of nitrogens with one attached hydrogen (secondary N) is 2.